The first-order chi connectivity index (χ1) is 15.8. The number of hydrogen-bond donors (Lipinski definition) is 0. The van der Waals surface area contributed by atoms with Crippen LogP contribution in [0.2, 0.25) is 0 Å². The number of benzene rings is 4. The van der Waals surface area contributed by atoms with E-state index >= 15 is 0 Å². The second kappa shape index (κ2) is 9.17. The molecule has 0 saturated heterocycles. The minimum absolute atomic E-state index is 0.274. The molecule has 2 heteroatoms. The van der Waals surface area contributed by atoms with Gasteiger partial charge in [-0.15, -0.1) is 18.2 Å². The van der Waals surface area contributed by atoms with Gasteiger partial charge in [-0.3, -0.25) is 0 Å². The summed E-state index contributed by atoms with van der Waals surface area (Å²) in [5, 5.41) is 4.95. The molecule has 166 valence electrons. The highest BCUT2D eigenvalue weighted by Gasteiger charge is 2.54. The van der Waals surface area contributed by atoms with E-state index < -0.39 is 12.9 Å². The summed E-state index contributed by atoms with van der Waals surface area (Å²) >= 11 is 7.86. The summed E-state index contributed by atoms with van der Waals surface area (Å²) in [6, 6.07) is 43.0. The molecule has 0 amide bonds. The van der Waals surface area contributed by atoms with Crippen molar-refractivity contribution >= 4 is 35.2 Å². The van der Waals surface area contributed by atoms with Crippen molar-refractivity contribution in [3.8, 4) is 0 Å². The molecule has 33 heavy (non-hydrogen) atoms. The number of hydrogen-bond acceptors (Lipinski definition) is 0. The summed E-state index contributed by atoms with van der Waals surface area (Å²) in [5.74, 6) is 0. The van der Waals surface area contributed by atoms with Crippen molar-refractivity contribution in [1.82, 2.24) is 0 Å². The van der Waals surface area contributed by atoms with E-state index in [-0.39, 0.29) is 5.41 Å². The average molecular weight is 467 g/mol. The van der Waals surface area contributed by atoms with E-state index in [9.17, 15) is 0 Å². The van der Waals surface area contributed by atoms with E-state index in [4.69, 9.17) is 18.2 Å². The summed E-state index contributed by atoms with van der Waals surface area (Å²) in [6.45, 7) is 11.6. The zero-order valence-corrected chi connectivity index (χ0v) is 21.4. The Morgan fingerprint density at radius 1 is 0.576 bits per heavy atom. The van der Waals surface area contributed by atoms with Crippen molar-refractivity contribution in [3.63, 3.8) is 0 Å². The Hall–Kier alpha value is -2.87. The molecule has 0 radical (unpaired) electrons. The molecule has 0 aliphatic carbocycles. The maximum absolute atomic E-state index is 7.86. The van der Waals surface area contributed by atoms with Gasteiger partial charge in [0.1, 0.15) is 0 Å². The number of rotatable bonds is 6. The fourth-order valence-electron chi connectivity index (χ4n) is 5.07. The fraction of sp³-hybridized carbons (Fsp3) is 0.161. The first-order valence-corrected chi connectivity index (χ1v) is 13.8. The van der Waals surface area contributed by atoms with Crippen LogP contribution < -0.4 is 15.6 Å². The van der Waals surface area contributed by atoms with E-state index in [0.717, 1.165) is 10.8 Å². The van der Waals surface area contributed by atoms with Crippen molar-refractivity contribution in [2.24, 2.45) is 5.41 Å². The second-order valence-electron chi connectivity index (χ2n) is 9.60. The Morgan fingerprint density at radius 2 is 0.879 bits per heavy atom. The minimum atomic E-state index is -2.78. The first kappa shape index (κ1) is 23.3. The lowest BCUT2D eigenvalue weighted by atomic mass is 9.75. The van der Waals surface area contributed by atoms with Crippen molar-refractivity contribution in [2.75, 3.05) is 0 Å². The molecule has 0 bridgehead atoms. The third kappa shape index (κ3) is 3.90. The zero-order valence-electron chi connectivity index (χ0n) is 19.6. The summed E-state index contributed by atoms with van der Waals surface area (Å²) in [7, 11) is -2.78. The lowest BCUT2D eigenvalue weighted by molar-refractivity contribution is 0.321. The molecule has 0 aliphatic rings. The van der Waals surface area contributed by atoms with Crippen LogP contribution in [-0.4, -0.2) is 8.07 Å². The maximum Gasteiger partial charge on any atom is 0.177 e. The monoisotopic (exact) mass is 466 g/mol. The van der Waals surface area contributed by atoms with Gasteiger partial charge in [0, 0.05) is 0 Å². The van der Waals surface area contributed by atoms with E-state index in [1.165, 1.54) is 15.6 Å². The first-order valence-electron chi connectivity index (χ1n) is 11.4. The van der Waals surface area contributed by atoms with Crippen LogP contribution in [0.15, 0.2) is 133 Å². The van der Waals surface area contributed by atoms with Crippen LogP contribution in [0, 0.1) is 5.41 Å². The molecule has 0 fully saturated rings. The maximum atomic E-state index is 7.86. The highest BCUT2D eigenvalue weighted by atomic mass is 35.5. The molecule has 1 unspecified atom stereocenters. The van der Waals surface area contributed by atoms with Crippen molar-refractivity contribution in [2.45, 2.75) is 25.6 Å². The van der Waals surface area contributed by atoms with Gasteiger partial charge in [-0.1, -0.05) is 142 Å². The van der Waals surface area contributed by atoms with Crippen LogP contribution in [0.5, 0.6) is 0 Å². The minimum Gasteiger partial charge on any atom is -0.109 e. The molecule has 4 rings (SSSR count). The molecule has 0 heterocycles. The number of alkyl halides is 1. The van der Waals surface area contributed by atoms with Crippen LogP contribution in [-0.2, 0) is 4.87 Å². The van der Waals surface area contributed by atoms with Gasteiger partial charge in [-0.2, -0.15) is 0 Å². The number of allylic oxidation sites excluding steroid dienone is 1. The molecule has 1 atom stereocenters. The molecular formula is C31H31ClSi. The van der Waals surface area contributed by atoms with Gasteiger partial charge in [-0.25, -0.2) is 0 Å². The van der Waals surface area contributed by atoms with E-state index in [2.05, 4.69) is 136 Å². The smallest absolute Gasteiger partial charge is 0.109 e. The Labute approximate surface area is 204 Å². The van der Waals surface area contributed by atoms with Gasteiger partial charge in [0.2, 0.25) is 0 Å². The molecule has 4 aromatic rings. The third-order valence-corrected chi connectivity index (χ3v) is 12.7. The van der Waals surface area contributed by atoms with Gasteiger partial charge in [0.05, 0.1) is 4.87 Å². The van der Waals surface area contributed by atoms with Crippen LogP contribution in [0.3, 0.4) is 0 Å². The quantitative estimate of drug-likeness (QED) is 0.174. The molecule has 0 nitrogen and oxygen atoms in total. The topological polar surface area (TPSA) is 0 Å². The van der Waals surface area contributed by atoms with Crippen LogP contribution in [0.4, 0.5) is 0 Å². The summed E-state index contributed by atoms with van der Waals surface area (Å²) in [6.07, 6.45) is 0. The highest BCUT2D eigenvalue weighted by molar-refractivity contribution is 7.16. The molecule has 0 N–H and O–H groups in total. The van der Waals surface area contributed by atoms with Crippen molar-refractivity contribution in [1.29, 1.82) is 0 Å². The molecule has 4 aromatic carbocycles. The van der Waals surface area contributed by atoms with Crippen LogP contribution in [0.25, 0.3) is 0 Å². The third-order valence-electron chi connectivity index (χ3n) is 6.69. The van der Waals surface area contributed by atoms with Gasteiger partial charge in [-0.05, 0) is 31.7 Å². The van der Waals surface area contributed by atoms with Crippen molar-refractivity contribution in [3.05, 3.63) is 139 Å². The van der Waals surface area contributed by atoms with E-state index in [1.54, 1.807) is 0 Å². The zero-order chi connectivity index (χ0) is 23.5. The van der Waals surface area contributed by atoms with Gasteiger partial charge in [0.25, 0.3) is 0 Å². The Balaban J connectivity index is 2.14. The SMILES string of the molecule is C=C(C(Cl)(c1ccccc1)C(C)(C)C)[Si](c1ccccc1)(c1ccccc1)c1ccccc1. The molecule has 0 saturated carbocycles. The van der Waals surface area contributed by atoms with Crippen LogP contribution >= 0.6 is 11.6 Å². The predicted octanol–water partition coefficient (Wildman–Crippen LogP) is 6.43. The van der Waals surface area contributed by atoms with E-state index in [0.29, 0.717) is 0 Å². The Kier molecular flexibility index (Phi) is 6.47. The summed E-state index contributed by atoms with van der Waals surface area (Å²) < 4.78 is 0. The lowest BCUT2D eigenvalue weighted by Gasteiger charge is -2.49. The molecule has 0 spiro atoms. The Bertz CT molecular complexity index is 1100. The second-order valence-corrected chi connectivity index (χ2v) is 14.0. The fourth-order valence-corrected chi connectivity index (χ4v) is 10.8. The van der Waals surface area contributed by atoms with Crippen LogP contribution in [0.1, 0.15) is 26.3 Å². The summed E-state index contributed by atoms with van der Waals surface area (Å²) in [5.41, 5.74) is 0.813. The van der Waals surface area contributed by atoms with Gasteiger partial charge < -0.3 is 0 Å². The Morgan fingerprint density at radius 3 is 1.18 bits per heavy atom. The van der Waals surface area contributed by atoms with E-state index in [1.807, 2.05) is 6.07 Å². The molecule has 0 aliphatic heterocycles. The predicted molar refractivity (Wildman–Crippen MR) is 147 cm³/mol. The molecular weight excluding hydrogens is 436 g/mol. The summed E-state index contributed by atoms with van der Waals surface area (Å²) in [4.78, 5) is -0.776. The standard InChI is InChI=1S/C31H31ClSi/c1-25(31(32,30(2,3)4)26-17-9-5-10-18-26)33(27-19-11-6-12-20-27,28-21-13-7-14-22-28)29-23-15-8-16-24-29/h5-24H,1H2,2-4H3. The van der Waals surface area contributed by atoms with Gasteiger partial charge >= 0.3 is 0 Å². The normalized spacial score (nSPS) is 13.8. The van der Waals surface area contributed by atoms with Gasteiger partial charge in [0.15, 0.2) is 8.07 Å². The average Bonchev–Trinajstić information content (AvgIpc) is 2.86. The highest BCUT2D eigenvalue weighted by Crippen LogP contribution is 2.52. The largest absolute Gasteiger partial charge is 0.177 e. The molecule has 0 aromatic heterocycles. The van der Waals surface area contributed by atoms with Crippen molar-refractivity contribution < 1.29 is 0 Å². The number of halogens is 1. The lowest BCUT2D eigenvalue weighted by Crippen LogP contribution is -2.71.